The smallest absolute Gasteiger partial charge is 0.226 e. The lowest BCUT2D eigenvalue weighted by molar-refractivity contribution is -0.121. The number of amides is 2. The van der Waals surface area contributed by atoms with Crippen LogP contribution in [0.3, 0.4) is 0 Å². The molecule has 1 aliphatic rings. The zero-order valence-corrected chi connectivity index (χ0v) is 18.6. The molecule has 2 amide bonds. The van der Waals surface area contributed by atoms with Gasteiger partial charge in [-0.2, -0.15) is 0 Å². The molecule has 3 rings (SSSR count). The van der Waals surface area contributed by atoms with E-state index in [0.29, 0.717) is 43.1 Å². The van der Waals surface area contributed by atoms with Gasteiger partial charge in [-0.15, -0.1) is 0 Å². The number of carbonyl (C=O) groups excluding carboxylic acids is 2. The first-order chi connectivity index (χ1) is 15.0. The van der Waals surface area contributed by atoms with Crippen molar-refractivity contribution >= 4 is 17.5 Å². The van der Waals surface area contributed by atoms with Gasteiger partial charge in [0.1, 0.15) is 0 Å². The van der Waals surface area contributed by atoms with Crippen molar-refractivity contribution in [3.05, 3.63) is 47.0 Å². The summed E-state index contributed by atoms with van der Waals surface area (Å²) < 4.78 is 16.1. The minimum atomic E-state index is -0.0305. The van der Waals surface area contributed by atoms with Crippen molar-refractivity contribution in [1.29, 1.82) is 0 Å². The number of aryl methyl sites for hydroxylation is 1. The fourth-order valence-electron chi connectivity index (χ4n) is 3.84. The third-order valence-electron chi connectivity index (χ3n) is 5.50. The van der Waals surface area contributed by atoms with Crippen LogP contribution in [0.4, 0.5) is 5.69 Å². The van der Waals surface area contributed by atoms with Gasteiger partial charge in [0.15, 0.2) is 11.5 Å². The Morgan fingerprint density at radius 3 is 2.32 bits per heavy atom. The maximum absolute atomic E-state index is 12.4. The van der Waals surface area contributed by atoms with Gasteiger partial charge in [0.2, 0.25) is 17.6 Å². The van der Waals surface area contributed by atoms with Crippen LogP contribution in [-0.4, -0.2) is 39.7 Å². The number of anilines is 1. The average Bonchev–Trinajstić information content (AvgIpc) is 3.23. The lowest BCUT2D eigenvalue weighted by Crippen LogP contribution is -2.27. The molecular formula is C24H30N2O5. The van der Waals surface area contributed by atoms with E-state index in [1.807, 2.05) is 36.1 Å². The van der Waals surface area contributed by atoms with E-state index < -0.39 is 0 Å². The summed E-state index contributed by atoms with van der Waals surface area (Å²) in [5, 5.41) is 2.98. The Balaban J connectivity index is 1.56. The summed E-state index contributed by atoms with van der Waals surface area (Å²) in [4.78, 5) is 26.3. The number of nitrogens with one attached hydrogen (secondary N) is 1. The third-order valence-corrected chi connectivity index (χ3v) is 5.50. The summed E-state index contributed by atoms with van der Waals surface area (Å²) in [6.45, 7) is 3.07. The highest BCUT2D eigenvalue weighted by Gasteiger charge is 2.23. The Morgan fingerprint density at radius 2 is 1.71 bits per heavy atom. The second-order valence-electron chi connectivity index (χ2n) is 7.42. The van der Waals surface area contributed by atoms with Crippen molar-refractivity contribution in [2.24, 2.45) is 0 Å². The lowest BCUT2D eigenvalue weighted by Gasteiger charge is -2.16. The number of fused-ring (bicyclic) bond motifs is 1. The average molecular weight is 427 g/mol. The monoisotopic (exact) mass is 426 g/mol. The Morgan fingerprint density at radius 1 is 1.00 bits per heavy atom. The van der Waals surface area contributed by atoms with E-state index in [9.17, 15) is 9.59 Å². The van der Waals surface area contributed by atoms with E-state index in [2.05, 4.69) is 11.4 Å². The Labute approximate surface area is 183 Å². The maximum Gasteiger partial charge on any atom is 0.226 e. The molecule has 0 fully saturated rings. The van der Waals surface area contributed by atoms with Gasteiger partial charge in [-0.3, -0.25) is 9.59 Å². The fraction of sp³-hybridized carbons (Fsp3) is 0.417. The van der Waals surface area contributed by atoms with Gasteiger partial charge in [0, 0.05) is 31.6 Å². The van der Waals surface area contributed by atoms with Crippen LogP contribution in [0.1, 0.15) is 36.5 Å². The van der Waals surface area contributed by atoms with Crippen LogP contribution in [0.2, 0.25) is 0 Å². The molecular weight excluding hydrogens is 396 g/mol. The van der Waals surface area contributed by atoms with E-state index in [1.54, 1.807) is 21.3 Å². The topological polar surface area (TPSA) is 77.1 Å². The molecule has 1 aliphatic heterocycles. The number of rotatable bonds is 9. The predicted octanol–water partition coefficient (Wildman–Crippen LogP) is 3.26. The SMILES string of the molecule is CCC(=O)N1CCc2cc(CNC(=O)CCc3cc(OC)c(OC)c(OC)c3)ccc21. The molecule has 0 aliphatic carbocycles. The van der Waals surface area contributed by atoms with Gasteiger partial charge < -0.3 is 24.4 Å². The number of hydrogen-bond donors (Lipinski definition) is 1. The van der Waals surface area contributed by atoms with Gasteiger partial charge in [-0.25, -0.2) is 0 Å². The maximum atomic E-state index is 12.4. The molecule has 7 heteroatoms. The predicted molar refractivity (Wildman–Crippen MR) is 119 cm³/mol. The largest absolute Gasteiger partial charge is 0.493 e. The van der Waals surface area contributed by atoms with Gasteiger partial charge in [-0.1, -0.05) is 19.1 Å². The number of nitrogens with zero attached hydrogens (tertiary/aromatic N) is 1. The molecule has 0 unspecified atom stereocenters. The molecule has 1 heterocycles. The van der Waals surface area contributed by atoms with E-state index in [-0.39, 0.29) is 11.8 Å². The number of ether oxygens (including phenoxy) is 3. The lowest BCUT2D eigenvalue weighted by atomic mass is 10.1. The summed E-state index contributed by atoms with van der Waals surface area (Å²) >= 11 is 0. The number of methoxy groups -OCH3 is 3. The molecule has 0 saturated heterocycles. The highest BCUT2D eigenvalue weighted by Crippen LogP contribution is 2.38. The van der Waals surface area contributed by atoms with Gasteiger partial charge >= 0.3 is 0 Å². The number of benzene rings is 2. The van der Waals surface area contributed by atoms with Gasteiger partial charge in [0.05, 0.1) is 21.3 Å². The summed E-state index contributed by atoms with van der Waals surface area (Å²) in [7, 11) is 4.70. The van der Waals surface area contributed by atoms with Crippen molar-refractivity contribution in [2.45, 2.75) is 39.2 Å². The second-order valence-corrected chi connectivity index (χ2v) is 7.42. The van der Waals surface area contributed by atoms with E-state index in [1.165, 1.54) is 0 Å². The Hall–Kier alpha value is -3.22. The molecule has 1 N–H and O–H groups in total. The minimum Gasteiger partial charge on any atom is -0.493 e. The summed E-state index contributed by atoms with van der Waals surface area (Å²) in [5.41, 5.74) is 4.11. The first-order valence-electron chi connectivity index (χ1n) is 10.5. The Kier molecular flexibility index (Phi) is 7.39. The second kappa shape index (κ2) is 10.2. The molecule has 2 aromatic carbocycles. The molecule has 0 radical (unpaired) electrons. The summed E-state index contributed by atoms with van der Waals surface area (Å²) in [6, 6.07) is 9.75. The van der Waals surface area contributed by atoms with E-state index in [0.717, 1.165) is 35.3 Å². The molecule has 0 aromatic heterocycles. The summed E-state index contributed by atoms with van der Waals surface area (Å²) in [5.74, 6) is 1.80. The highest BCUT2D eigenvalue weighted by molar-refractivity contribution is 5.95. The van der Waals surface area contributed by atoms with Crippen LogP contribution in [-0.2, 0) is 29.0 Å². The minimum absolute atomic E-state index is 0.0305. The fourth-order valence-corrected chi connectivity index (χ4v) is 3.84. The first-order valence-corrected chi connectivity index (χ1v) is 10.5. The molecule has 0 atom stereocenters. The highest BCUT2D eigenvalue weighted by atomic mass is 16.5. The number of carbonyl (C=O) groups is 2. The first kappa shape index (κ1) is 22.5. The molecule has 7 nitrogen and oxygen atoms in total. The van der Waals surface area contributed by atoms with Crippen LogP contribution in [0.5, 0.6) is 17.2 Å². The van der Waals surface area contributed by atoms with Gasteiger partial charge in [-0.05, 0) is 47.7 Å². The van der Waals surface area contributed by atoms with Crippen molar-refractivity contribution in [1.82, 2.24) is 5.32 Å². The molecule has 2 aromatic rings. The molecule has 0 bridgehead atoms. The van der Waals surface area contributed by atoms with Crippen molar-refractivity contribution in [3.63, 3.8) is 0 Å². The molecule has 0 saturated carbocycles. The van der Waals surface area contributed by atoms with Gasteiger partial charge in [0.25, 0.3) is 0 Å². The zero-order valence-electron chi connectivity index (χ0n) is 18.6. The van der Waals surface area contributed by atoms with E-state index >= 15 is 0 Å². The molecule has 31 heavy (non-hydrogen) atoms. The van der Waals surface area contributed by atoms with Crippen LogP contribution in [0.15, 0.2) is 30.3 Å². The van der Waals surface area contributed by atoms with Crippen LogP contribution in [0, 0.1) is 0 Å². The quantitative estimate of drug-likeness (QED) is 0.666. The van der Waals surface area contributed by atoms with Crippen molar-refractivity contribution < 1.29 is 23.8 Å². The standard InChI is InChI=1S/C24H30N2O5/c1-5-23(28)26-11-10-18-12-17(6-8-19(18)26)15-25-22(27)9-7-16-13-20(29-2)24(31-4)21(14-16)30-3/h6,8,12-14H,5,7,9-11,15H2,1-4H3,(H,25,27). The van der Waals surface area contributed by atoms with Crippen molar-refractivity contribution in [3.8, 4) is 17.2 Å². The summed E-state index contributed by atoms with van der Waals surface area (Å²) in [6.07, 6.45) is 2.26. The molecule has 0 spiro atoms. The third kappa shape index (κ3) is 5.10. The normalized spacial score (nSPS) is 12.3. The van der Waals surface area contributed by atoms with Crippen molar-refractivity contribution in [2.75, 3.05) is 32.8 Å². The number of hydrogen-bond acceptors (Lipinski definition) is 5. The van der Waals surface area contributed by atoms with Crippen LogP contribution >= 0.6 is 0 Å². The molecule has 166 valence electrons. The van der Waals surface area contributed by atoms with Crippen LogP contribution in [0.25, 0.3) is 0 Å². The zero-order chi connectivity index (χ0) is 22.4. The van der Waals surface area contributed by atoms with Crippen LogP contribution < -0.4 is 24.4 Å². The Bertz CT molecular complexity index is 932. The van der Waals surface area contributed by atoms with E-state index in [4.69, 9.17) is 14.2 Å².